The van der Waals surface area contributed by atoms with Gasteiger partial charge in [0.2, 0.25) is 5.91 Å². The molecule has 1 aliphatic heterocycles. The highest BCUT2D eigenvalue weighted by molar-refractivity contribution is 5.76. The highest BCUT2D eigenvalue weighted by Gasteiger charge is 2.33. The molecule has 7 nitrogen and oxygen atoms in total. The van der Waals surface area contributed by atoms with Crippen molar-refractivity contribution in [1.29, 1.82) is 0 Å². The van der Waals surface area contributed by atoms with E-state index in [9.17, 15) is 14.4 Å². The fourth-order valence-corrected chi connectivity index (χ4v) is 3.78. The van der Waals surface area contributed by atoms with Crippen LogP contribution in [0, 0.1) is 11.8 Å². The van der Waals surface area contributed by atoms with Gasteiger partial charge in [-0.05, 0) is 31.1 Å². The van der Waals surface area contributed by atoms with Crippen molar-refractivity contribution < 1.29 is 4.79 Å². The average molecular weight is 362 g/mol. The minimum atomic E-state index is -0.461. The van der Waals surface area contributed by atoms with E-state index < -0.39 is 11.2 Å². The van der Waals surface area contributed by atoms with Gasteiger partial charge in [-0.25, -0.2) is 4.79 Å². The van der Waals surface area contributed by atoms with Gasteiger partial charge in [0.25, 0.3) is 5.56 Å². The first kappa shape index (κ1) is 18.9. The Balaban J connectivity index is 1.60. The van der Waals surface area contributed by atoms with Crippen LogP contribution in [0.5, 0.6) is 0 Å². The van der Waals surface area contributed by atoms with Crippen molar-refractivity contribution in [2.45, 2.75) is 52.1 Å². The van der Waals surface area contributed by atoms with Crippen molar-refractivity contribution in [3.8, 4) is 0 Å². The van der Waals surface area contributed by atoms with Gasteiger partial charge in [-0.1, -0.05) is 13.8 Å². The molecule has 2 heterocycles. The number of rotatable bonds is 6. The fraction of sp³-hybridized carbons (Fsp3) is 0.737. The molecule has 3 rings (SSSR count). The van der Waals surface area contributed by atoms with Gasteiger partial charge in [0.1, 0.15) is 0 Å². The van der Waals surface area contributed by atoms with Gasteiger partial charge in [0.05, 0.1) is 0 Å². The minimum absolute atomic E-state index is 0.0852. The van der Waals surface area contributed by atoms with Crippen LogP contribution in [0.3, 0.4) is 0 Å². The minimum Gasteiger partial charge on any atom is -0.341 e. The highest BCUT2D eigenvalue weighted by Crippen LogP contribution is 2.31. The molecule has 144 valence electrons. The molecule has 1 amide bonds. The molecule has 0 radical (unpaired) electrons. The lowest BCUT2D eigenvalue weighted by Gasteiger charge is -2.34. The topological polar surface area (TPSA) is 78.4 Å². The number of H-pyrrole nitrogens is 1. The summed E-state index contributed by atoms with van der Waals surface area (Å²) in [5.74, 6) is 1.44. The molecule has 1 N–H and O–H groups in total. The summed E-state index contributed by atoms with van der Waals surface area (Å²) in [6, 6.07) is 1.71. The number of carbonyl (C=O) groups is 1. The largest absolute Gasteiger partial charge is 0.341 e. The van der Waals surface area contributed by atoms with E-state index in [-0.39, 0.29) is 12.3 Å². The fourth-order valence-electron chi connectivity index (χ4n) is 3.78. The molecular weight excluding hydrogens is 332 g/mol. The van der Waals surface area contributed by atoms with E-state index in [2.05, 4.69) is 23.7 Å². The second kappa shape index (κ2) is 8.20. The average Bonchev–Trinajstić information content (AvgIpc) is 3.41. The van der Waals surface area contributed by atoms with Gasteiger partial charge in [-0.15, -0.1) is 0 Å². The zero-order valence-electron chi connectivity index (χ0n) is 15.8. The van der Waals surface area contributed by atoms with Crippen LogP contribution >= 0.6 is 0 Å². The van der Waals surface area contributed by atoms with Crippen LogP contribution in [0.1, 0.15) is 39.5 Å². The van der Waals surface area contributed by atoms with Gasteiger partial charge in [-0.3, -0.25) is 19.5 Å². The Hall–Kier alpha value is -1.89. The van der Waals surface area contributed by atoms with Crippen molar-refractivity contribution in [2.75, 3.05) is 26.2 Å². The van der Waals surface area contributed by atoms with E-state index in [4.69, 9.17) is 0 Å². The second-order valence-electron chi connectivity index (χ2n) is 8.00. The molecule has 1 aliphatic carbocycles. The van der Waals surface area contributed by atoms with Crippen molar-refractivity contribution >= 4 is 5.91 Å². The number of hydrogen-bond donors (Lipinski definition) is 1. The zero-order valence-corrected chi connectivity index (χ0v) is 15.8. The van der Waals surface area contributed by atoms with Crippen LogP contribution in [-0.4, -0.2) is 57.5 Å². The monoisotopic (exact) mass is 362 g/mol. The SMILES string of the molecule is CC(C)[C@H]1CN(C(=O)CCn2ccc(=O)[nH]c2=O)CCCN1CC1CC1. The first-order valence-electron chi connectivity index (χ1n) is 9.75. The summed E-state index contributed by atoms with van der Waals surface area (Å²) in [5, 5.41) is 0. The quantitative estimate of drug-likeness (QED) is 0.815. The van der Waals surface area contributed by atoms with Crippen molar-refractivity contribution in [3.63, 3.8) is 0 Å². The van der Waals surface area contributed by atoms with E-state index in [1.807, 2.05) is 4.90 Å². The number of hydrogen-bond acceptors (Lipinski definition) is 4. The third-order valence-corrected chi connectivity index (χ3v) is 5.53. The number of nitrogens with one attached hydrogen (secondary N) is 1. The van der Waals surface area contributed by atoms with Crippen LogP contribution in [0.2, 0.25) is 0 Å². The number of nitrogens with zero attached hydrogens (tertiary/aromatic N) is 3. The molecule has 1 saturated carbocycles. The molecule has 0 unspecified atom stereocenters. The second-order valence-corrected chi connectivity index (χ2v) is 8.00. The Morgan fingerprint density at radius 1 is 1.27 bits per heavy atom. The summed E-state index contributed by atoms with van der Waals surface area (Å²) in [6.07, 6.45) is 5.42. The summed E-state index contributed by atoms with van der Waals surface area (Å²) < 4.78 is 1.39. The van der Waals surface area contributed by atoms with Crippen molar-refractivity contribution in [1.82, 2.24) is 19.4 Å². The Morgan fingerprint density at radius 2 is 2.04 bits per heavy atom. The highest BCUT2D eigenvalue weighted by atomic mass is 16.2. The summed E-state index contributed by atoms with van der Waals surface area (Å²) in [6.45, 7) is 8.54. The van der Waals surface area contributed by atoms with E-state index in [0.717, 1.165) is 38.5 Å². The molecule has 1 saturated heterocycles. The molecule has 0 spiro atoms. The van der Waals surface area contributed by atoms with Gasteiger partial charge < -0.3 is 9.47 Å². The van der Waals surface area contributed by atoms with E-state index in [0.29, 0.717) is 18.5 Å². The molecule has 2 fully saturated rings. The van der Waals surface area contributed by atoms with Gasteiger partial charge in [0, 0.05) is 57.4 Å². The standard InChI is InChI=1S/C19H30N4O3/c1-14(2)16-13-23(9-3-8-22(16)12-15-4-5-15)18(25)7-11-21-10-6-17(24)20-19(21)26/h6,10,14-16H,3-5,7-9,11-13H2,1-2H3,(H,20,24,26)/t16-/m1/s1. The number of aryl methyl sites for hydroxylation is 1. The van der Waals surface area contributed by atoms with Gasteiger partial charge in [-0.2, -0.15) is 0 Å². The number of aromatic nitrogens is 2. The van der Waals surface area contributed by atoms with Gasteiger partial charge >= 0.3 is 5.69 Å². The summed E-state index contributed by atoms with van der Waals surface area (Å²) in [4.78, 5) is 42.4. The van der Waals surface area contributed by atoms with Crippen molar-refractivity contribution in [3.05, 3.63) is 33.1 Å². The van der Waals surface area contributed by atoms with Crippen LogP contribution < -0.4 is 11.2 Å². The summed E-state index contributed by atoms with van der Waals surface area (Å²) in [5.41, 5.74) is -0.877. The smallest absolute Gasteiger partial charge is 0.328 e. The molecule has 1 aromatic rings. The predicted molar refractivity (Wildman–Crippen MR) is 100 cm³/mol. The normalized spacial score (nSPS) is 21.8. The summed E-state index contributed by atoms with van der Waals surface area (Å²) in [7, 11) is 0. The Kier molecular flexibility index (Phi) is 5.96. The van der Waals surface area contributed by atoms with Crippen LogP contribution in [0.25, 0.3) is 0 Å². The third-order valence-electron chi connectivity index (χ3n) is 5.53. The Bertz CT molecular complexity index is 735. The van der Waals surface area contributed by atoms with Crippen LogP contribution in [0.15, 0.2) is 21.9 Å². The zero-order chi connectivity index (χ0) is 18.7. The number of aromatic amines is 1. The lowest BCUT2D eigenvalue weighted by Crippen LogP contribution is -2.46. The van der Waals surface area contributed by atoms with E-state index >= 15 is 0 Å². The lowest BCUT2D eigenvalue weighted by molar-refractivity contribution is -0.132. The maximum absolute atomic E-state index is 12.7. The van der Waals surface area contributed by atoms with Gasteiger partial charge in [0.15, 0.2) is 0 Å². The molecular formula is C19H30N4O3. The molecule has 26 heavy (non-hydrogen) atoms. The molecule has 0 bridgehead atoms. The van der Waals surface area contributed by atoms with Crippen molar-refractivity contribution in [2.24, 2.45) is 11.8 Å². The third kappa shape index (κ3) is 4.84. The molecule has 7 heteroatoms. The molecule has 0 aromatic carbocycles. The summed E-state index contributed by atoms with van der Waals surface area (Å²) >= 11 is 0. The van der Waals surface area contributed by atoms with Crippen LogP contribution in [-0.2, 0) is 11.3 Å². The number of amides is 1. The molecule has 1 atom stereocenters. The van der Waals surface area contributed by atoms with E-state index in [1.54, 1.807) is 0 Å². The molecule has 2 aliphatic rings. The first-order chi connectivity index (χ1) is 12.4. The Labute approximate surface area is 154 Å². The lowest BCUT2D eigenvalue weighted by atomic mass is 10.0. The van der Waals surface area contributed by atoms with E-state index in [1.165, 1.54) is 29.7 Å². The first-order valence-corrected chi connectivity index (χ1v) is 9.75. The number of carbonyl (C=O) groups excluding carboxylic acids is 1. The maximum Gasteiger partial charge on any atom is 0.328 e. The molecule has 1 aromatic heterocycles. The Morgan fingerprint density at radius 3 is 2.69 bits per heavy atom. The predicted octanol–water partition coefficient (Wildman–Crippen LogP) is 0.896. The van der Waals surface area contributed by atoms with Crippen LogP contribution in [0.4, 0.5) is 0 Å². The maximum atomic E-state index is 12.7.